The SMILES string of the molecule is C=COCCSc1nc2ccccc2c2nc(C)nn12. The Hall–Kier alpha value is -2.08. The zero-order chi connectivity index (χ0) is 13.9. The molecular formula is C14H14N4OS. The zero-order valence-corrected chi connectivity index (χ0v) is 11.9. The highest BCUT2D eigenvalue weighted by Crippen LogP contribution is 2.23. The zero-order valence-electron chi connectivity index (χ0n) is 11.1. The second kappa shape index (κ2) is 5.50. The molecule has 20 heavy (non-hydrogen) atoms. The van der Waals surface area contributed by atoms with Gasteiger partial charge in [-0.1, -0.05) is 30.5 Å². The summed E-state index contributed by atoms with van der Waals surface area (Å²) in [5.41, 5.74) is 1.78. The van der Waals surface area contributed by atoms with Gasteiger partial charge in [0.15, 0.2) is 10.8 Å². The first-order valence-electron chi connectivity index (χ1n) is 6.27. The number of para-hydroxylation sites is 1. The fraction of sp³-hybridized carbons (Fsp3) is 0.214. The summed E-state index contributed by atoms with van der Waals surface area (Å²) in [5.74, 6) is 1.53. The molecule has 0 radical (unpaired) electrons. The lowest BCUT2D eigenvalue weighted by Gasteiger charge is -2.05. The molecule has 0 aliphatic rings. The predicted molar refractivity (Wildman–Crippen MR) is 79.9 cm³/mol. The van der Waals surface area contributed by atoms with Crippen LogP contribution in [-0.2, 0) is 4.74 Å². The summed E-state index contributed by atoms with van der Waals surface area (Å²) in [6, 6.07) is 7.97. The summed E-state index contributed by atoms with van der Waals surface area (Å²) in [6.07, 6.45) is 1.45. The number of benzene rings is 1. The van der Waals surface area contributed by atoms with Crippen LogP contribution in [0.3, 0.4) is 0 Å². The minimum absolute atomic E-state index is 0.595. The Morgan fingerprint density at radius 1 is 1.35 bits per heavy atom. The van der Waals surface area contributed by atoms with Crippen molar-refractivity contribution in [3.63, 3.8) is 0 Å². The molecular weight excluding hydrogens is 272 g/mol. The maximum absolute atomic E-state index is 5.13. The summed E-state index contributed by atoms with van der Waals surface area (Å²) in [5, 5.41) is 6.26. The standard InChI is InChI=1S/C14H14N4OS/c1-3-19-8-9-20-14-16-12-7-5-4-6-11(12)13-15-10(2)17-18(13)14/h3-7H,1,8-9H2,2H3. The number of nitrogens with zero attached hydrogens (tertiary/aromatic N) is 4. The van der Waals surface area contributed by atoms with Gasteiger partial charge in [0, 0.05) is 11.1 Å². The number of aryl methyl sites for hydroxylation is 1. The fourth-order valence-electron chi connectivity index (χ4n) is 1.99. The molecule has 0 aliphatic heterocycles. The summed E-state index contributed by atoms with van der Waals surface area (Å²) in [6.45, 7) is 6.01. The van der Waals surface area contributed by atoms with Crippen LogP contribution in [-0.4, -0.2) is 31.9 Å². The van der Waals surface area contributed by atoms with Crippen LogP contribution in [0.4, 0.5) is 0 Å². The number of ether oxygens (including phenoxy) is 1. The van der Waals surface area contributed by atoms with E-state index < -0.39 is 0 Å². The third kappa shape index (κ3) is 2.34. The van der Waals surface area contributed by atoms with Gasteiger partial charge in [-0.05, 0) is 19.1 Å². The Balaban J connectivity index is 2.06. The highest BCUT2D eigenvalue weighted by molar-refractivity contribution is 7.99. The average molecular weight is 286 g/mol. The smallest absolute Gasteiger partial charge is 0.191 e. The van der Waals surface area contributed by atoms with Gasteiger partial charge in [-0.25, -0.2) is 9.97 Å². The number of aromatic nitrogens is 4. The van der Waals surface area contributed by atoms with E-state index in [1.807, 2.05) is 31.2 Å². The molecule has 0 N–H and O–H groups in total. The van der Waals surface area contributed by atoms with Crippen molar-refractivity contribution in [3.8, 4) is 0 Å². The molecule has 0 spiro atoms. The molecule has 3 aromatic rings. The van der Waals surface area contributed by atoms with Crippen LogP contribution < -0.4 is 0 Å². The van der Waals surface area contributed by atoms with E-state index in [4.69, 9.17) is 4.74 Å². The van der Waals surface area contributed by atoms with Crippen molar-refractivity contribution in [1.29, 1.82) is 0 Å². The lowest BCUT2D eigenvalue weighted by Crippen LogP contribution is -2.00. The highest BCUT2D eigenvalue weighted by atomic mass is 32.2. The van der Waals surface area contributed by atoms with Gasteiger partial charge in [0.2, 0.25) is 0 Å². The molecule has 0 saturated heterocycles. The molecule has 0 unspecified atom stereocenters. The Morgan fingerprint density at radius 2 is 2.20 bits per heavy atom. The average Bonchev–Trinajstić information content (AvgIpc) is 2.85. The van der Waals surface area contributed by atoms with Crippen LogP contribution in [0.1, 0.15) is 5.82 Å². The van der Waals surface area contributed by atoms with Gasteiger partial charge in [-0.2, -0.15) is 4.52 Å². The van der Waals surface area contributed by atoms with Crippen LogP contribution in [0.5, 0.6) is 0 Å². The van der Waals surface area contributed by atoms with Gasteiger partial charge < -0.3 is 4.74 Å². The van der Waals surface area contributed by atoms with Crippen molar-refractivity contribution in [2.24, 2.45) is 0 Å². The Labute approximate surface area is 120 Å². The lowest BCUT2D eigenvalue weighted by atomic mass is 10.2. The largest absolute Gasteiger partial charge is 0.501 e. The van der Waals surface area contributed by atoms with E-state index in [0.29, 0.717) is 6.61 Å². The third-order valence-electron chi connectivity index (χ3n) is 2.81. The summed E-state index contributed by atoms with van der Waals surface area (Å²) < 4.78 is 6.93. The monoisotopic (exact) mass is 286 g/mol. The van der Waals surface area contributed by atoms with Crippen molar-refractivity contribution < 1.29 is 4.74 Å². The van der Waals surface area contributed by atoms with Gasteiger partial charge >= 0.3 is 0 Å². The fourth-order valence-corrected chi connectivity index (χ4v) is 2.77. The maximum Gasteiger partial charge on any atom is 0.191 e. The molecule has 102 valence electrons. The summed E-state index contributed by atoms with van der Waals surface area (Å²) in [4.78, 5) is 9.15. The predicted octanol–water partition coefficient (Wildman–Crippen LogP) is 2.84. The van der Waals surface area contributed by atoms with E-state index in [-0.39, 0.29) is 0 Å². The van der Waals surface area contributed by atoms with Gasteiger partial charge in [0.05, 0.1) is 18.4 Å². The molecule has 0 amide bonds. The van der Waals surface area contributed by atoms with Crippen molar-refractivity contribution >= 4 is 28.3 Å². The van der Waals surface area contributed by atoms with Crippen molar-refractivity contribution in [2.45, 2.75) is 12.1 Å². The van der Waals surface area contributed by atoms with E-state index in [2.05, 4.69) is 21.6 Å². The van der Waals surface area contributed by atoms with Gasteiger partial charge in [0.1, 0.15) is 5.82 Å². The molecule has 2 aromatic heterocycles. The number of hydrogen-bond acceptors (Lipinski definition) is 5. The first-order chi connectivity index (χ1) is 9.79. The number of hydrogen-bond donors (Lipinski definition) is 0. The second-order valence-corrected chi connectivity index (χ2v) is 5.25. The molecule has 2 heterocycles. The molecule has 3 rings (SSSR count). The molecule has 0 atom stereocenters. The van der Waals surface area contributed by atoms with Crippen LogP contribution >= 0.6 is 11.8 Å². The van der Waals surface area contributed by atoms with E-state index in [0.717, 1.165) is 33.3 Å². The molecule has 1 aromatic carbocycles. The van der Waals surface area contributed by atoms with Crippen LogP contribution in [0.2, 0.25) is 0 Å². The first kappa shape index (κ1) is 12.9. The minimum atomic E-state index is 0.595. The van der Waals surface area contributed by atoms with Gasteiger partial charge in [-0.15, -0.1) is 5.10 Å². The molecule has 5 nitrogen and oxygen atoms in total. The van der Waals surface area contributed by atoms with Crippen molar-refractivity contribution in [1.82, 2.24) is 19.6 Å². The first-order valence-corrected chi connectivity index (χ1v) is 7.25. The molecule has 0 fully saturated rings. The van der Waals surface area contributed by atoms with Crippen LogP contribution in [0, 0.1) is 6.92 Å². The molecule has 0 saturated carbocycles. The third-order valence-corrected chi connectivity index (χ3v) is 3.70. The summed E-state index contributed by atoms with van der Waals surface area (Å²) >= 11 is 1.59. The summed E-state index contributed by atoms with van der Waals surface area (Å²) in [7, 11) is 0. The number of thioether (sulfide) groups is 1. The van der Waals surface area contributed by atoms with Crippen molar-refractivity contribution in [3.05, 3.63) is 42.9 Å². The topological polar surface area (TPSA) is 52.3 Å². The Bertz CT molecular complexity index is 768. The van der Waals surface area contributed by atoms with Crippen molar-refractivity contribution in [2.75, 3.05) is 12.4 Å². The van der Waals surface area contributed by atoms with Crippen LogP contribution in [0.15, 0.2) is 42.3 Å². The number of fused-ring (bicyclic) bond motifs is 3. The number of rotatable bonds is 5. The highest BCUT2D eigenvalue weighted by Gasteiger charge is 2.11. The minimum Gasteiger partial charge on any atom is -0.501 e. The second-order valence-electron chi connectivity index (χ2n) is 4.19. The molecule has 0 aliphatic carbocycles. The Morgan fingerprint density at radius 3 is 3.05 bits per heavy atom. The normalized spacial score (nSPS) is 11.1. The van der Waals surface area contributed by atoms with E-state index in [1.54, 1.807) is 16.3 Å². The lowest BCUT2D eigenvalue weighted by molar-refractivity contribution is 0.274. The van der Waals surface area contributed by atoms with Crippen LogP contribution in [0.25, 0.3) is 16.6 Å². The molecule has 0 bridgehead atoms. The Kier molecular flexibility index (Phi) is 3.56. The van der Waals surface area contributed by atoms with Gasteiger partial charge in [-0.3, -0.25) is 0 Å². The quantitative estimate of drug-likeness (QED) is 0.312. The maximum atomic E-state index is 5.13. The molecule has 6 heteroatoms. The van der Waals surface area contributed by atoms with Gasteiger partial charge in [0.25, 0.3) is 0 Å². The van der Waals surface area contributed by atoms with E-state index in [9.17, 15) is 0 Å². The van der Waals surface area contributed by atoms with E-state index in [1.165, 1.54) is 6.26 Å². The van der Waals surface area contributed by atoms with E-state index >= 15 is 0 Å².